The summed E-state index contributed by atoms with van der Waals surface area (Å²) >= 11 is 0. The number of nitrogens with zero attached hydrogens (tertiary/aromatic N) is 5. The lowest BCUT2D eigenvalue weighted by atomic mass is 9.93. The van der Waals surface area contributed by atoms with Crippen molar-refractivity contribution in [3.05, 3.63) is 47.8 Å². The Labute approximate surface area is 219 Å². The molecule has 0 radical (unpaired) electrons. The number of hydrogen-bond donors (Lipinski definition) is 3. The standard InChI is InChI=1S/C22H24FN7O2.C2HF3O2/c1-14-9-29-10-17(16(23)8-19(29)26-14)27-21(31)30-6-3-15-18(2-4-24-20(15)30)28-7-5-25-22(11-28)12-32-13-22;3-2(4,5)1(6)7/h2,4,8-10,25H,3,5-7,11-13H2,1H3,(H,27,31);(H,6,7). The Morgan fingerprint density at radius 2 is 1.97 bits per heavy atom. The number of ether oxygens (including phenoxy) is 1. The van der Waals surface area contributed by atoms with Crippen molar-refractivity contribution < 1.29 is 37.0 Å². The molecule has 3 aliphatic heterocycles. The molecule has 15 heteroatoms. The smallest absolute Gasteiger partial charge is 0.475 e. The molecule has 0 atom stereocenters. The third-order valence-electron chi connectivity index (χ3n) is 6.71. The van der Waals surface area contributed by atoms with Gasteiger partial charge in [-0.15, -0.1) is 0 Å². The van der Waals surface area contributed by atoms with E-state index in [1.807, 2.05) is 13.0 Å². The van der Waals surface area contributed by atoms with Gasteiger partial charge < -0.3 is 29.8 Å². The van der Waals surface area contributed by atoms with Crippen LogP contribution in [0.2, 0.25) is 0 Å². The van der Waals surface area contributed by atoms with Crippen LogP contribution in [0.3, 0.4) is 0 Å². The van der Waals surface area contributed by atoms with Crippen molar-refractivity contribution in [2.45, 2.75) is 25.1 Å². The predicted molar refractivity (Wildman–Crippen MR) is 132 cm³/mol. The van der Waals surface area contributed by atoms with Crippen LogP contribution in [0.25, 0.3) is 5.65 Å². The number of amides is 2. The highest BCUT2D eigenvalue weighted by atomic mass is 19.4. The molecule has 3 aliphatic rings. The third-order valence-corrected chi connectivity index (χ3v) is 6.71. The van der Waals surface area contributed by atoms with E-state index in [-0.39, 0.29) is 11.2 Å². The van der Waals surface area contributed by atoms with Crippen molar-refractivity contribution >= 4 is 34.8 Å². The number of aryl methyl sites for hydroxylation is 1. The molecule has 39 heavy (non-hydrogen) atoms. The average molecular weight is 552 g/mol. The summed E-state index contributed by atoms with van der Waals surface area (Å²) in [6.07, 6.45) is 0.704. The molecule has 3 N–H and O–H groups in total. The maximum Gasteiger partial charge on any atom is 0.490 e. The van der Waals surface area contributed by atoms with Gasteiger partial charge in [-0.1, -0.05) is 0 Å². The topological polar surface area (TPSA) is 124 Å². The summed E-state index contributed by atoms with van der Waals surface area (Å²) in [6, 6.07) is 2.95. The minimum atomic E-state index is -5.08. The van der Waals surface area contributed by atoms with E-state index in [9.17, 15) is 22.4 Å². The van der Waals surface area contributed by atoms with E-state index in [0.717, 1.165) is 49.8 Å². The zero-order valence-corrected chi connectivity index (χ0v) is 20.8. The quantitative estimate of drug-likeness (QED) is 0.416. The minimum Gasteiger partial charge on any atom is -0.475 e. The minimum absolute atomic E-state index is 0.0198. The van der Waals surface area contributed by atoms with Gasteiger partial charge in [-0.25, -0.2) is 23.9 Å². The monoisotopic (exact) mass is 551 g/mol. The number of carboxylic acids is 1. The molecule has 0 bridgehead atoms. The maximum absolute atomic E-state index is 14.6. The van der Waals surface area contributed by atoms with Crippen LogP contribution in [0.5, 0.6) is 0 Å². The number of hydrogen-bond acceptors (Lipinski definition) is 7. The van der Waals surface area contributed by atoms with Crippen molar-refractivity contribution in [2.75, 3.05) is 54.5 Å². The van der Waals surface area contributed by atoms with Crippen molar-refractivity contribution in [2.24, 2.45) is 0 Å². The van der Waals surface area contributed by atoms with Gasteiger partial charge in [-0.05, 0) is 19.4 Å². The zero-order chi connectivity index (χ0) is 27.9. The van der Waals surface area contributed by atoms with Gasteiger partial charge >= 0.3 is 18.2 Å². The Hall–Kier alpha value is -3.98. The van der Waals surface area contributed by atoms with E-state index in [2.05, 4.69) is 25.5 Å². The van der Waals surface area contributed by atoms with Crippen molar-refractivity contribution in [1.29, 1.82) is 0 Å². The van der Waals surface area contributed by atoms with E-state index >= 15 is 0 Å². The number of urea groups is 1. The molecule has 0 aliphatic carbocycles. The number of alkyl halides is 3. The number of anilines is 3. The number of fused-ring (bicyclic) bond motifs is 2. The summed E-state index contributed by atoms with van der Waals surface area (Å²) in [5.41, 5.74) is 3.58. The largest absolute Gasteiger partial charge is 0.490 e. The van der Waals surface area contributed by atoms with Gasteiger partial charge in [0.05, 0.1) is 30.1 Å². The number of carbonyl (C=O) groups excluding carboxylic acids is 1. The fourth-order valence-electron chi connectivity index (χ4n) is 4.88. The summed E-state index contributed by atoms with van der Waals surface area (Å²) in [4.78, 5) is 34.6. The van der Waals surface area contributed by atoms with Crippen molar-refractivity contribution in [1.82, 2.24) is 19.7 Å². The summed E-state index contributed by atoms with van der Waals surface area (Å²) in [7, 11) is 0. The fourth-order valence-corrected chi connectivity index (χ4v) is 4.88. The lowest BCUT2D eigenvalue weighted by molar-refractivity contribution is -0.192. The number of aliphatic carboxylic acids is 1. The van der Waals surface area contributed by atoms with E-state index < -0.39 is 24.0 Å². The van der Waals surface area contributed by atoms with Gasteiger partial charge in [0.25, 0.3) is 0 Å². The van der Waals surface area contributed by atoms with Gasteiger partial charge in [0.2, 0.25) is 0 Å². The van der Waals surface area contributed by atoms with E-state index in [1.165, 1.54) is 6.07 Å². The molecule has 2 amide bonds. The predicted octanol–water partition coefficient (Wildman–Crippen LogP) is 2.58. The average Bonchev–Trinajstić information content (AvgIpc) is 3.45. The second-order valence-electron chi connectivity index (χ2n) is 9.57. The van der Waals surface area contributed by atoms with Crippen LogP contribution >= 0.6 is 0 Å². The number of piperazine rings is 1. The maximum atomic E-state index is 14.6. The molecule has 0 aromatic carbocycles. The number of halogens is 4. The summed E-state index contributed by atoms with van der Waals surface area (Å²) in [5, 5.41) is 13.4. The second kappa shape index (κ2) is 9.96. The molecule has 6 heterocycles. The molecular formula is C24H25F4N7O4. The lowest BCUT2D eigenvalue weighted by Crippen LogP contribution is -2.70. The van der Waals surface area contributed by atoms with Crippen LogP contribution < -0.4 is 20.4 Å². The van der Waals surface area contributed by atoms with Crippen LogP contribution in [0.4, 0.5) is 39.5 Å². The second-order valence-corrected chi connectivity index (χ2v) is 9.57. The lowest BCUT2D eigenvalue weighted by Gasteiger charge is -2.49. The van der Waals surface area contributed by atoms with Gasteiger partial charge in [-0.3, -0.25) is 4.90 Å². The van der Waals surface area contributed by atoms with Crippen LogP contribution in [-0.4, -0.2) is 82.6 Å². The van der Waals surface area contributed by atoms with E-state index in [1.54, 1.807) is 27.9 Å². The third kappa shape index (κ3) is 5.31. The summed E-state index contributed by atoms with van der Waals surface area (Å²) < 4.78 is 53.4. The Morgan fingerprint density at radius 3 is 2.64 bits per heavy atom. The molecular weight excluding hydrogens is 526 g/mol. The Balaban J connectivity index is 0.000000392. The molecule has 2 saturated heterocycles. The molecule has 6 rings (SSSR count). The van der Waals surface area contributed by atoms with Crippen molar-refractivity contribution in [3.63, 3.8) is 0 Å². The number of carbonyl (C=O) groups is 2. The van der Waals surface area contributed by atoms with Crippen LogP contribution in [0.1, 0.15) is 11.3 Å². The van der Waals surface area contributed by atoms with Gasteiger partial charge in [0.15, 0.2) is 5.82 Å². The SMILES string of the molecule is Cc1cn2cc(NC(=O)N3CCc4c(N5CCNC6(COC6)C5)ccnc43)c(F)cc2n1.O=C(O)C(F)(F)F. The highest BCUT2D eigenvalue weighted by Gasteiger charge is 2.43. The Morgan fingerprint density at radius 1 is 1.23 bits per heavy atom. The first-order chi connectivity index (χ1) is 18.5. The zero-order valence-electron chi connectivity index (χ0n) is 20.8. The Bertz CT molecular complexity index is 1420. The van der Waals surface area contributed by atoms with Crippen molar-refractivity contribution in [3.8, 4) is 0 Å². The summed E-state index contributed by atoms with van der Waals surface area (Å²) in [6.45, 7) is 6.42. The molecule has 0 unspecified atom stereocenters. The number of pyridine rings is 2. The number of carboxylic acid groups (broad SMARTS) is 1. The summed E-state index contributed by atoms with van der Waals surface area (Å²) in [5.74, 6) is -2.64. The molecule has 3 aromatic rings. The van der Waals surface area contributed by atoms with Gasteiger partial charge in [0, 0.05) is 62.1 Å². The first kappa shape index (κ1) is 26.6. The van der Waals surface area contributed by atoms with Crippen LogP contribution in [-0.2, 0) is 16.0 Å². The highest BCUT2D eigenvalue weighted by molar-refractivity contribution is 6.03. The van der Waals surface area contributed by atoms with Crippen LogP contribution in [0, 0.1) is 12.7 Å². The molecule has 1 spiro atoms. The van der Waals surface area contributed by atoms with Gasteiger partial charge in [0.1, 0.15) is 11.5 Å². The number of aromatic nitrogens is 3. The molecule has 3 aromatic heterocycles. The molecule has 0 saturated carbocycles. The number of nitrogens with one attached hydrogen (secondary N) is 2. The Kier molecular flexibility index (Phi) is 6.80. The first-order valence-corrected chi connectivity index (χ1v) is 12.0. The normalized spacial score (nSPS) is 17.9. The van der Waals surface area contributed by atoms with E-state index in [4.69, 9.17) is 14.6 Å². The van der Waals surface area contributed by atoms with E-state index in [0.29, 0.717) is 24.4 Å². The number of imidazole rings is 1. The van der Waals surface area contributed by atoms with Crippen LogP contribution in [0.15, 0.2) is 30.7 Å². The molecule has 2 fully saturated rings. The highest BCUT2D eigenvalue weighted by Crippen LogP contribution is 2.36. The number of rotatable bonds is 2. The first-order valence-electron chi connectivity index (χ1n) is 12.0. The molecule has 11 nitrogen and oxygen atoms in total. The fraction of sp³-hybridized carbons (Fsp3) is 0.417. The molecule has 208 valence electrons. The van der Waals surface area contributed by atoms with Gasteiger partial charge in [-0.2, -0.15) is 13.2 Å².